The fourth-order valence-corrected chi connectivity index (χ4v) is 3.30. The van der Waals surface area contributed by atoms with Gasteiger partial charge in [0.05, 0.1) is 18.2 Å². The first kappa shape index (κ1) is 19.0. The summed E-state index contributed by atoms with van der Waals surface area (Å²) in [6.45, 7) is 7.26. The molecule has 0 aliphatic carbocycles. The van der Waals surface area contributed by atoms with E-state index in [4.69, 9.17) is 4.74 Å². The first-order valence-corrected chi connectivity index (χ1v) is 8.45. The summed E-state index contributed by atoms with van der Waals surface area (Å²) in [5, 5.41) is 2.29. The lowest BCUT2D eigenvalue weighted by Crippen LogP contribution is -2.61. The summed E-state index contributed by atoms with van der Waals surface area (Å²) in [6.07, 6.45) is 2.06. The highest BCUT2D eigenvalue weighted by molar-refractivity contribution is 5.98. The van der Waals surface area contributed by atoms with E-state index >= 15 is 4.39 Å². The minimum atomic E-state index is -1.48. The minimum Gasteiger partial charge on any atom is -0.481 e. The van der Waals surface area contributed by atoms with Crippen molar-refractivity contribution in [1.29, 1.82) is 0 Å². The lowest BCUT2D eigenvalue weighted by Gasteiger charge is -2.41. The van der Waals surface area contributed by atoms with Crippen LogP contribution in [0.25, 0.3) is 0 Å². The zero-order valence-corrected chi connectivity index (χ0v) is 15.1. The maximum atomic E-state index is 15.5. The van der Waals surface area contributed by atoms with E-state index in [2.05, 4.69) is 5.32 Å². The van der Waals surface area contributed by atoms with Gasteiger partial charge in [-0.3, -0.25) is 15.0 Å². The fraction of sp³-hybridized carbons (Fsp3) is 0.474. The number of nitrogens with one attached hydrogen (secondary N) is 1. The molecule has 0 spiro atoms. The van der Waals surface area contributed by atoms with Crippen LogP contribution in [0.4, 0.5) is 9.18 Å². The molecule has 1 aromatic carbocycles. The number of benzene rings is 1. The van der Waals surface area contributed by atoms with E-state index in [1.165, 1.54) is 11.2 Å². The van der Waals surface area contributed by atoms with Crippen molar-refractivity contribution in [3.05, 3.63) is 47.2 Å². The highest BCUT2D eigenvalue weighted by Crippen LogP contribution is 2.34. The van der Waals surface area contributed by atoms with Gasteiger partial charge >= 0.3 is 6.03 Å². The molecule has 0 radical (unpaired) electrons. The second-order valence-corrected chi connectivity index (χ2v) is 6.36. The first-order valence-electron chi connectivity index (χ1n) is 8.45. The van der Waals surface area contributed by atoms with Crippen LogP contribution in [0.1, 0.15) is 43.1 Å². The Labute approximate surface area is 147 Å². The molecule has 2 rings (SSSR count). The molecule has 3 unspecified atom stereocenters. The Kier molecular flexibility index (Phi) is 6.17. The molecule has 5 nitrogen and oxygen atoms in total. The predicted octanol–water partition coefficient (Wildman–Crippen LogP) is 3.77. The third-order valence-electron chi connectivity index (χ3n) is 4.35. The number of rotatable bonds is 6. The van der Waals surface area contributed by atoms with E-state index < -0.39 is 30.1 Å². The Balaban J connectivity index is 2.39. The predicted molar refractivity (Wildman–Crippen MR) is 93.5 cm³/mol. The highest BCUT2D eigenvalue weighted by Gasteiger charge is 2.45. The number of carbonyl (C=O) groups excluding carboxylic acids is 2. The van der Waals surface area contributed by atoms with Gasteiger partial charge in [-0.1, -0.05) is 42.3 Å². The largest absolute Gasteiger partial charge is 0.481 e. The number of halogens is 1. The second-order valence-electron chi connectivity index (χ2n) is 6.36. The van der Waals surface area contributed by atoms with Crippen LogP contribution >= 0.6 is 0 Å². The highest BCUT2D eigenvalue weighted by atomic mass is 19.1. The molecule has 1 aliphatic heterocycles. The molecule has 1 aliphatic rings. The molecule has 1 heterocycles. The summed E-state index contributed by atoms with van der Waals surface area (Å²) in [6, 6.07) is 3.94. The number of hydrogen-bond acceptors (Lipinski definition) is 3. The Morgan fingerprint density at radius 2 is 1.92 bits per heavy atom. The van der Waals surface area contributed by atoms with Gasteiger partial charge in [0, 0.05) is 0 Å². The average Bonchev–Trinajstić information content (AvgIpc) is 2.55. The number of carbonyl (C=O) groups is 2. The van der Waals surface area contributed by atoms with Crippen LogP contribution in [0, 0.1) is 19.8 Å². The van der Waals surface area contributed by atoms with Crippen molar-refractivity contribution in [3.8, 4) is 0 Å². The summed E-state index contributed by atoms with van der Waals surface area (Å²) < 4.78 is 20.8. The Hall–Kier alpha value is -2.37. The van der Waals surface area contributed by atoms with E-state index in [1.807, 2.05) is 26.8 Å². The smallest absolute Gasteiger partial charge is 0.327 e. The minimum absolute atomic E-state index is 0.115. The summed E-state index contributed by atoms with van der Waals surface area (Å²) in [7, 11) is 0. The number of amides is 3. The fourth-order valence-electron chi connectivity index (χ4n) is 3.30. The van der Waals surface area contributed by atoms with E-state index in [-0.39, 0.29) is 6.73 Å². The maximum absolute atomic E-state index is 15.5. The summed E-state index contributed by atoms with van der Waals surface area (Å²) in [4.78, 5) is 25.7. The normalized spacial score (nSPS) is 22.2. The molecular formula is C19H25FN2O3. The lowest BCUT2D eigenvalue weighted by atomic mass is 9.86. The number of aryl methyl sites for hydroxylation is 2. The topological polar surface area (TPSA) is 58.6 Å². The molecule has 0 saturated carbocycles. The zero-order chi connectivity index (χ0) is 18.6. The number of nitrogens with zero attached hydrogens (tertiary/aromatic N) is 1. The van der Waals surface area contributed by atoms with Crippen LogP contribution in [0.5, 0.6) is 0 Å². The number of ether oxygens (including phenoxy) is 1. The van der Waals surface area contributed by atoms with Crippen LogP contribution in [-0.2, 0) is 9.53 Å². The van der Waals surface area contributed by atoms with Gasteiger partial charge in [-0.15, -0.1) is 0 Å². The van der Waals surface area contributed by atoms with Crippen molar-refractivity contribution < 1.29 is 18.7 Å². The average molecular weight is 348 g/mol. The lowest BCUT2D eigenvalue weighted by molar-refractivity contribution is -0.131. The quantitative estimate of drug-likeness (QED) is 0.796. The molecule has 6 heteroatoms. The van der Waals surface area contributed by atoms with E-state index in [1.54, 1.807) is 25.1 Å². The zero-order valence-electron chi connectivity index (χ0n) is 15.1. The van der Waals surface area contributed by atoms with Crippen LogP contribution in [0.3, 0.4) is 0 Å². The number of allylic oxidation sites excluding steroid dienone is 1. The molecule has 136 valence electrons. The van der Waals surface area contributed by atoms with Gasteiger partial charge < -0.3 is 4.74 Å². The van der Waals surface area contributed by atoms with Gasteiger partial charge in [-0.05, 0) is 32.8 Å². The van der Waals surface area contributed by atoms with Crippen molar-refractivity contribution in [1.82, 2.24) is 10.2 Å². The van der Waals surface area contributed by atoms with Gasteiger partial charge in [-0.2, -0.15) is 0 Å². The van der Waals surface area contributed by atoms with Gasteiger partial charge in [0.25, 0.3) is 0 Å². The molecule has 3 atom stereocenters. The van der Waals surface area contributed by atoms with E-state index in [9.17, 15) is 9.59 Å². The van der Waals surface area contributed by atoms with Crippen molar-refractivity contribution >= 4 is 11.9 Å². The molecular weight excluding hydrogens is 323 g/mol. The number of hydrogen-bond donors (Lipinski definition) is 1. The second kappa shape index (κ2) is 8.14. The van der Waals surface area contributed by atoms with Crippen molar-refractivity contribution in [2.45, 2.75) is 46.3 Å². The molecule has 1 fully saturated rings. The van der Waals surface area contributed by atoms with Crippen LogP contribution in [0.15, 0.2) is 30.5 Å². The van der Waals surface area contributed by atoms with Gasteiger partial charge in [0.2, 0.25) is 5.91 Å². The molecule has 25 heavy (non-hydrogen) atoms. The van der Waals surface area contributed by atoms with Gasteiger partial charge in [0.15, 0.2) is 6.73 Å². The van der Waals surface area contributed by atoms with E-state index in [0.717, 1.165) is 11.1 Å². The third kappa shape index (κ3) is 4.18. The van der Waals surface area contributed by atoms with Crippen LogP contribution in [-0.4, -0.2) is 29.6 Å². The molecule has 0 bridgehead atoms. The van der Waals surface area contributed by atoms with Crippen molar-refractivity contribution in [2.75, 3.05) is 6.73 Å². The molecule has 0 aromatic heterocycles. The van der Waals surface area contributed by atoms with Crippen molar-refractivity contribution in [3.63, 3.8) is 0 Å². The molecule has 1 aromatic rings. The van der Waals surface area contributed by atoms with Gasteiger partial charge in [-0.25, -0.2) is 9.18 Å². The van der Waals surface area contributed by atoms with Gasteiger partial charge in [0.1, 0.15) is 6.17 Å². The Bertz CT molecular complexity index is 654. The Morgan fingerprint density at radius 3 is 2.48 bits per heavy atom. The number of urea groups is 1. The number of imide groups is 1. The maximum Gasteiger partial charge on any atom is 0.327 e. The van der Waals surface area contributed by atoms with Crippen molar-refractivity contribution in [2.24, 2.45) is 5.92 Å². The van der Waals surface area contributed by atoms with Crippen LogP contribution in [0.2, 0.25) is 0 Å². The molecule has 1 N–H and O–H groups in total. The SMILES string of the molecule is C/C=C/OCN1C(=O)NC(=O)C(CC)C1C(F)c1cc(C)cc(C)c1. The third-order valence-corrected chi connectivity index (χ3v) is 4.35. The monoisotopic (exact) mass is 348 g/mol. The molecule has 1 saturated heterocycles. The Morgan fingerprint density at radius 1 is 1.28 bits per heavy atom. The summed E-state index contributed by atoms with van der Waals surface area (Å²) >= 11 is 0. The van der Waals surface area contributed by atoms with E-state index in [0.29, 0.717) is 12.0 Å². The van der Waals surface area contributed by atoms with Crippen LogP contribution < -0.4 is 5.32 Å². The summed E-state index contributed by atoms with van der Waals surface area (Å²) in [5.41, 5.74) is 2.35. The first-order chi connectivity index (χ1) is 11.9. The molecule has 3 amide bonds. The number of alkyl halides is 1. The summed E-state index contributed by atoms with van der Waals surface area (Å²) in [5.74, 6) is -1.07. The standard InChI is InChI=1S/C19H25FN2O3/c1-5-7-25-11-22-17(15(6-2)18(23)21-19(22)24)16(20)14-9-12(3)8-13(4)10-14/h5,7-10,15-17H,6,11H2,1-4H3,(H,21,23,24)/b7-5+.